The topological polar surface area (TPSA) is 74.6 Å². The second-order valence-electron chi connectivity index (χ2n) is 1.76. The number of rotatable bonds is 2. The zero-order chi connectivity index (χ0) is 9.40. The second-order valence-corrected chi connectivity index (χ2v) is 5.85. The van der Waals surface area contributed by atoms with Crippen LogP contribution in [0.1, 0.15) is 0 Å². The first kappa shape index (κ1) is 11.3. The van der Waals surface area contributed by atoms with Crippen molar-refractivity contribution in [3.63, 3.8) is 0 Å². The molecule has 1 rings (SSSR count). The quantitative estimate of drug-likeness (QED) is 0.776. The van der Waals surface area contributed by atoms with E-state index in [1.54, 1.807) is 11.3 Å². The predicted octanol–water partition coefficient (Wildman–Crippen LogP) is 2.17. The molecule has 0 aliphatic rings. The van der Waals surface area contributed by atoms with Crippen LogP contribution in [0.2, 0.25) is 0 Å². The zero-order valence-electron chi connectivity index (χ0n) is 6.14. The van der Waals surface area contributed by atoms with Crippen LogP contribution in [0.4, 0.5) is 9.59 Å². The third kappa shape index (κ3) is 9.26. The van der Waals surface area contributed by atoms with Crippen molar-refractivity contribution in [2.75, 3.05) is 0 Å². The molecular weight excluding hydrogens is 234 g/mol. The Bertz CT molecular complexity index is 204. The fraction of sp³-hybridized carbons (Fsp3) is 0. The second kappa shape index (κ2) is 6.94. The molecule has 1 heterocycles. The molecule has 0 spiro atoms. The number of thiophene rings is 1. The molecule has 0 aliphatic carbocycles. The summed E-state index contributed by atoms with van der Waals surface area (Å²) in [6, 6.07) is 4.04. The van der Waals surface area contributed by atoms with Gasteiger partial charge in [0.1, 0.15) is 0 Å². The van der Waals surface area contributed by atoms with E-state index in [-0.39, 0.29) is 0 Å². The number of carbonyl (C=O) groups is 2. The number of hydrogen-bond donors (Lipinski definition) is 2. The maximum absolute atomic E-state index is 9.51. The van der Waals surface area contributed by atoms with Crippen molar-refractivity contribution < 1.29 is 36.9 Å². The van der Waals surface area contributed by atoms with Gasteiger partial charge in [0.25, 0.3) is 0 Å². The van der Waals surface area contributed by atoms with E-state index in [1.165, 1.54) is 0 Å². The van der Waals surface area contributed by atoms with Gasteiger partial charge in [-0.2, -0.15) is 11.3 Å². The van der Waals surface area contributed by atoms with Gasteiger partial charge in [-0.15, -0.1) is 0 Å². The van der Waals surface area contributed by atoms with E-state index in [0.717, 1.165) is 0 Å². The Morgan fingerprint density at radius 3 is 1.58 bits per heavy atom. The van der Waals surface area contributed by atoms with Crippen molar-refractivity contribution in [1.29, 1.82) is 0 Å². The van der Waals surface area contributed by atoms with Crippen LogP contribution >= 0.6 is 11.3 Å². The Morgan fingerprint density at radius 1 is 1.08 bits per heavy atom. The monoisotopic (exact) mass is 238 g/mol. The number of carboxylic acid groups (broad SMARTS) is 2. The van der Waals surface area contributed by atoms with E-state index in [4.69, 9.17) is 10.2 Å². The van der Waals surface area contributed by atoms with Crippen LogP contribution in [0.25, 0.3) is 0 Å². The first-order chi connectivity index (χ1) is 5.63. The van der Waals surface area contributed by atoms with Gasteiger partial charge in [0.2, 0.25) is 0 Å². The van der Waals surface area contributed by atoms with Crippen LogP contribution in [0.5, 0.6) is 0 Å². The van der Waals surface area contributed by atoms with Gasteiger partial charge < -0.3 is 0 Å². The van der Waals surface area contributed by atoms with Crippen molar-refractivity contribution in [2.24, 2.45) is 0 Å². The molecule has 0 radical (unpaired) electrons. The van der Waals surface area contributed by atoms with Gasteiger partial charge in [-0.05, 0) is 10.8 Å². The summed E-state index contributed by atoms with van der Waals surface area (Å²) in [5, 5.41) is 19.7. The van der Waals surface area contributed by atoms with Gasteiger partial charge in [0.05, 0.1) is 0 Å². The van der Waals surface area contributed by atoms with Crippen molar-refractivity contribution in [3.8, 4) is 0 Å². The van der Waals surface area contributed by atoms with Gasteiger partial charge in [0, 0.05) is 0 Å². The molecular formula is C6H6O4SZn. The summed E-state index contributed by atoms with van der Waals surface area (Å²) in [7, 11) is 0. The Hall–Kier alpha value is -0.737. The summed E-state index contributed by atoms with van der Waals surface area (Å²) < 4.78 is -2.25. The molecule has 0 aliphatic heterocycles. The van der Waals surface area contributed by atoms with Crippen molar-refractivity contribution >= 4 is 20.5 Å². The van der Waals surface area contributed by atoms with Crippen LogP contribution < -0.4 is 0 Å². The maximum Gasteiger partial charge on any atom is -0.00934 e. The molecule has 0 aromatic carbocycles. The van der Waals surface area contributed by atoms with Crippen molar-refractivity contribution in [1.82, 2.24) is 0 Å². The molecule has 4 nitrogen and oxygen atoms in total. The standard InChI is InChI=1S/C4H4S.2CHO2.Zn/c1-2-4-5-3-1;2*2-1-3;/h1-4H;2*(H,2,3);. The molecule has 2 N–H and O–H groups in total. The molecule has 1 aromatic rings. The summed E-state index contributed by atoms with van der Waals surface area (Å²) in [5.41, 5.74) is 0. The van der Waals surface area contributed by atoms with Crippen molar-refractivity contribution in [2.45, 2.75) is 0 Å². The first-order valence-electron chi connectivity index (χ1n) is 3.03. The summed E-state index contributed by atoms with van der Waals surface area (Å²) in [5.74, 6) is 0. The Kier molecular flexibility index (Phi) is 6.52. The van der Waals surface area contributed by atoms with Crippen LogP contribution in [-0.4, -0.2) is 19.3 Å². The van der Waals surface area contributed by atoms with E-state index in [2.05, 4.69) is 0 Å². The fourth-order valence-electron chi connectivity index (χ4n) is 0.356. The molecule has 0 unspecified atom stereocenters. The van der Waals surface area contributed by atoms with Crippen LogP contribution in [-0.2, 0) is 17.1 Å². The first-order valence-corrected chi connectivity index (χ1v) is 6.94. The molecule has 0 atom stereocenters. The van der Waals surface area contributed by atoms with Crippen LogP contribution in [0.3, 0.4) is 0 Å². The molecule has 0 fully saturated rings. The van der Waals surface area contributed by atoms with Gasteiger partial charge in [-0.1, -0.05) is 12.1 Å². The van der Waals surface area contributed by atoms with Crippen molar-refractivity contribution in [3.05, 3.63) is 22.9 Å². The molecule has 62 valence electrons. The third-order valence-electron chi connectivity index (χ3n) is 0.728. The van der Waals surface area contributed by atoms with E-state index in [1.807, 2.05) is 22.9 Å². The summed E-state index contributed by atoms with van der Waals surface area (Å²) in [6.07, 6.45) is 0. The van der Waals surface area contributed by atoms with Crippen LogP contribution in [0.15, 0.2) is 22.9 Å². The van der Waals surface area contributed by atoms with E-state index < -0.39 is 26.3 Å². The minimum Gasteiger partial charge on any atom is -0.152 e. The molecule has 0 saturated heterocycles. The van der Waals surface area contributed by atoms with Gasteiger partial charge in [0.15, 0.2) is 0 Å². The summed E-state index contributed by atoms with van der Waals surface area (Å²) in [4.78, 5) is 19.0. The Labute approximate surface area is 80.4 Å². The van der Waals surface area contributed by atoms with E-state index in [0.29, 0.717) is 0 Å². The molecule has 0 saturated carbocycles. The van der Waals surface area contributed by atoms with Gasteiger partial charge >= 0.3 is 46.1 Å². The minimum atomic E-state index is -2.26. The SMILES string of the molecule is O=[C](O)[Zn][C](=O)O.c1ccsc1. The van der Waals surface area contributed by atoms with Gasteiger partial charge in [-0.25, -0.2) is 0 Å². The Morgan fingerprint density at radius 2 is 1.50 bits per heavy atom. The molecule has 6 heteroatoms. The average molecular weight is 240 g/mol. The predicted molar refractivity (Wildman–Crippen MR) is 40.4 cm³/mol. The summed E-state index contributed by atoms with van der Waals surface area (Å²) >= 11 is -0.551. The zero-order valence-corrected chi connectivity index (χ0v) is 9.92. The maximum atomic E-state index is 9.51. The normalized spacial score (nSPS) is 7.33. The smallest absolute Gasteiger partial charge is 0.00934 e. The van der Waals surface area contributed by atoms with Gasteiger partial charge in [-0.3, -0.25) is 0 Å². The fourth-order valence-corrected chi connectivity index (χ4v) is 1.35. The summed E-state index contributed by atoms with van der Waals surface area (Å²) in [6.45, 7) is 0. The number of hydrogen-bond acceptors (Lipinski definition) is 3. The largest absolute Gasteiger partial charge is 0.152 e. The van der Waals surface area contributed by atoms with E-state index in [9.17, 15) is 9.59 Å². The minimum absolute atomic E-state index is 1.12. The molecule has 0 amide bonds. The van der Waals surface area contributed by atoms with Crippen LogP contribution in [0, 0.1) is 0 Å². The molecule has 12 heavy (non-hydrogen) atoms. The molecule has 1 aromatic heterocycles. The Balaban J connectivity index is 0.000000211. The third-order valence-corrected chi connectivity index (χ3v) is 2.63. The molecule has 0 bridgehead atoms. The average Bonchev–Trinajstić information content (AvgIpc) is 2.36. The van der Waals surface area contributed by atoms with E-state index >= 15 is 0 Å².